The number of phosphoric acid groups is 1. The lowest BCUT2D eigenvalue weighted by Crippen LogP contribution is -2.47. The zero-order valence-electron chi connectivity index (χ0n) is 53.8. The number of quaternary nitrogens is 1. The molecule has 0 aliphatic carbocycles. The summed E-state index contributed by atoms with van der Waals surface area (Å²) in [5.41, 5.74) is 0. The molecule has 0 aliphatic rings. The fourth-order valence-electron chi connectivity index (χ4n) is 10.1. The highest BCUT2D eigenvalue weighted by Crippen LogP contribution is 2.43. The molecule has 0 saturated carbocycles. The third-order valence-electron chi connectivity index (χ3n) is 15.5. The van der Waals surface area contributed by atoms with Crippen LogP contribution in [0.25, 0.3) is 0 Å². The Kier molecular flexibility index (Phi) is 58.6. The number of carbonyl (C=O) groups excluding carboxylic acids is 2. The van der Waals surface area contributed by atoms with E-state index in [9.17, 15) is 19.0 Å². The first-order valence-corrected chi connectivity index (χ1v) is 36.0. The molecule has 0 heterocycles. The number of rotatable bonds is 63. The van der Waals surface area contributed by atoms with Crippen LogP contribution < -0.4 is 5.32 Å². The number of ether oxygens (including phenoxy) is 1. The summed E-state index contributed by atoms with van der Waals surface area (Å²) in [7, 11) is 1.50. The first-order chi connectivity index (χ1) is 38.9. The van der Waals surface area contributed by atoms with Crippen molar-refractivity contribution >= 4 is 19.7 Å². The summed E-state index contributed by atoms with van der Waals surface area (Å²) in [6.07, 6.45) is 75.4. The van der Waals surface area contributed by atoms with Gasteiger partial charge in [-0.3, -0.25) is 18.6 Å². The number of likely N-dealkylation sites (N-methyl/N-ethyl adjacent to an activating group) is 1. The third-order valence-corrected chi connectivity index (χ3v) is 16.5. The van der Waals surface area contributed by atoms with E-state index >= 15 is 0 Å². The maximum Gasteiger partial charge on any atom is 0.472 e. The summed E-state index contributed by atoms with van der Waals surface area (Å²) in [6.45, 7) is 7.02. The molecular weight excluding hydrogens is 1010 g/mol. The molecule has 2 N–H and O–H groups in total. The van der Waals surface area contributed by atoms with Crippen molar-refractivity contribution in [2.45, 2.75) is 348 Å². The number of phosphoric ester groups is 1. The molecule has 470 valence electrons. The average Bonchev–Trinajstić information content (AvgIpc) is 3.42. The second-order valence-corrected chi connectivity index (χ2v) is 26.1. The molecule has 0 bridgehead atoms. The lowest BCUT2D eigenvalue weighted by molar-refractivity contribution is -0.870. The van der Waals surface area contributed by atoms with Crippen molar-refractivity contribution in [2.24, 2.45) is 0 Å². The lowest BCUT2D eigenvalue weighted by Gasteiger charge is -2.27. The Labute approximate surface area is 497 Å². The molecule has 80 heavy (non-hydrogen) atoms. The van der Waals surface area contributed by atoms with Crippen LogP contribution in [0, 0.1) is 0 Å². The van der Waals surface area contributed by atoms with Gasteiger partial charge in [-0.1, -0.05) is 282 Å². The highest BCUT2D eigenvalue weighted by atomic mass is 31.2. The number of allylic oxidation sites excluding steroid dienone is 7. The van der Waals surface area contributed by atoms with Gasteiger partial charge in [0.25, 0.3) is 0 Å². The smallest absolute Gasteiger partial charge is 0.456 e. The van der Waals surface area contributed by atoms with Crippen LogP contribution in [0.4, 0.5) is 0 Å². The minimum atomic E-state index is -4.45. The average molecular weight is 1150 g/mol. The topological polar surface area (TPSA) is 111 Å². The molecular formula is C70H134N2O7P+. The summed E-state index contributed by atoms with van der Waals surface area (Å²) in [5, 5.41) is 3.07. The Morgan fingerprint density at radius 1 is 0.438 bits per heavy atom. The van der Waals surface area contributed by atoms with E-state index in [0.717, 1.165) is 64.2 Å². The predicted molar refractivity (Wildman–Crippen MR) is 346 cm³/mol. The van der Waals surface area contributed by atoms with Gasteiger partial charge in [0.1, 0.15) is 19.3 Å². The second kappa shape index (κ2) is 60.1. The summed E-state index contributed by atoms with van der Waals surface area (Å²) in [5.74, 6) is -0.497. The summed E-state index contributed by atoms with van der Waals surface area (Å²) in [6, 6.07) is -0.850. The van der Waals surface area contributed by atoms with Crippen LogP contribution >= 0.6 is 7.82 Å². The minimum absolute atomic E-state index is 0.0403. The predicted octanol–water partition coefficient (Wildman–Crippen LogP) is 21.6. The molecule has 0 fully saturated rings. The number of amides is 1. The van der Waals surface area contributed by atoms with Gasteiger partial charge in [0.2, 0.25) is 5.91 Å². The van der Waals surface area contributed by atoms with Crippen molar-refractivity contribution in [2.75, 3.05) is 40.9 Å². The van der Waals surface area contributed by atoms with Gasteiger partial charge in [-0.05, 0) is 89.5 Å². The largest absolute Gasteiger partial charge is 0.472 e. The van der Waals surface area contributed by atoms with Crippen LogP contribution in [-0.4, -0.2) is 74.3 Å². The van der Waals surface area contributed by atoms with Gasteiger partial charge in [0.05, 0.1) is 33.8 Å². The fourth-order valence-corrected chi connectivity index (χ4v) is 10.9. The quantitative estimate of drug-likeness (QED) is 0.0205. The Morgan fingerprint density at radius 2 is 0.762 bits per heavy atom. The van der Waals surface area contributed by atoms with Crippen molar-refractivity contribution in [1.82, 2.24) is 5.32 Å². The molecule has 0 aromatic heterocycles. The zero-order valence-corrected chi connectivity index (χ0v) is 54.7. The SMILES string of the molecule is CCCCC/C=C\C/C=C\CCCCCCCCCCCC(=O)NC(COP(=O)(O)OCC[N+](C)(C)C)C(/C=C/CCCCCCCCCCCC)OC(=O)CCCCCCCCCCCCCCC/C=C/CCCCCCCC. The number of carbonyl (C=O) groups is 2. The first-order valence-electron chi connectivity index (χ1n) is 34.5. The van der Waals surface area contributed by atoms with Crippen molar-refractivity contribution in [3.63, 3.8) is 0 Å². The van der Waals surface area contributed by atoms with Crippen LogP contribution in [0.5, 0.6) is 0 Å². The van der Waals surface area contributed by atoms with Crippen molar-refractivity contribution in [1.29, 1.82) is 0 Å². The number of unbranched alkanes of at least 4 members (excludes halogenated alkanes) is 41. The summed E-state index contributed by atoms with van der Waals surface area (Å²) in [4.78, 5) is 37.8. The monoisotopic (exact) mass is 1150 g/mol. The number of nitrogens with zero attached hydrogens (tertiary/aromatic N) is 1. The van der Waals surface area contributed by atoms with Crippen molar-refractivity contribution in [3.05, 3.63) is 48.6 Å². The normalized spacial score (nSPS) is 13.8. The number of esters is 1. The van der Waals surface area contributed by atoms with E-state index in [4.69, 9.17) is 13.8 Å². The summed E-state index contributed by atoms with van der Waals surface area (Å²) < 4.78 is 30.8. The molecule has 0 aromatic rings. The van der Waals surface area contributed by atoms with Gasteiger partial charge in [0, 0.05) is 12.8 Å². The first kappa shape index (κ1) is 78.0. The number of hydrogen-bond donors (Lipinski definition) is 2. The van der Waals surface area contributed by atoms with Gasteiger partial charge >= 0.3 is 13.8 Å². The minimum Gasteiger partial charge on any atom is -0.456 e. The van der Waals surface area contributed by atoms with Crippen LogP contribution in [0.15, 0.2) is 48.6 Å². The van der Waals surface area contributed by atoms with Crippen molar-refractivity contribution in [3.8, 4) is 0 Å². The van der Waals surface area contributed by atoms with Crippen molar-refractivity contribution < 1.29 is 37.3 Å². The van der Waals surface area contributed by atoms with E-state index in [1.807, 2.05) is 33.3 Å². The van der Waals surface area contributed by atoms with Gasteiger partial charge in [-0.15, -0.1) is 0 Å². The van der Waals surface area contributed by atoms with Gasteiger partial charge in [-0.2, -0.15) is 0 Å². The van der Waals surface area contributed by atoms with E-state index in [2.05, 4.69) is 62.5 Å². The van der Waals surface area contributed by atoms with Crippen LogP contribution in [0.1, 0.15) is 335 Å². The van der Waals surface area contributed by atoms with Crippen LogP contribution in [0.3, 0.4) is 0 Å². The molecule has 3 atom stereocenters. The van der Waals surface area contributed by atoms with Gasteiger partial charge in [-0.25, -0.2) is 4.57 Å². The van der Waals surface area contributed by atoms with E-state index in [-0.39, 0.29) is 25.1 Å². The molecule has 1 amide bonds. The maximum atomic E-state index is 13.6. The van der Waals surface area contributed by atoms with Crippen LogP contribution in [0.2, 0.25) is 0 Å². The zero-order chi connectivity index (χ0) is 58.6. The Balaban J connectivity index is 5.10. The van der Waals surface area contributed by atoms with E-state index in [0.29, 0.717) is 23.9 Å². The van der Waals surface area contributed by atoms with E-state index in [1.165, 1.54) is 238 Å². The Hall–Kier alpha value is -2.03. The Morgan fingerprint density at radius 3 is 1.16 bits per heavy atom. The highest BCUT2D eigenvalue weighted by molar-refractivity contribution is 7.47. The second-order valence-electron chi connectivity index (χ2n) is 24.7. The standard InChI is InChI=1S/C70H133N2O7P/c1-7-10-13-16-19-22-25-28-30-32-34-35-36-37-39-41-43-45-48-51-54-57-60-63-70(74)79-68(61-58-55-52-49-46-27-24-21-18-15-12-9-3)67(66-78-80(75,76)77-65-64-72(4,5)6)71-69(73)62-59-56-53-50-47-44-42-40-38-33-31-29-26-23-20-17-14-11-8-2/h20,23,28-31,58,61,67-68H,7-19,21-22,24-27,32-57,59-60,62-66H2,1-6H3,(H-,71,73,75,76)/p+1/b23-20-,30-28+,31-29-,61-58+. The lowest BCUT2D eigenvalue weighted by atomic mass is 10.0. The van der Waals surface area contributed by atoms with E-state index < -0.39 is 20.0 Å². The van der Waals surface area contributed by atoms with Gasteiger partial charge in [0.15, 0.2) is 0 Å². The fraction of sp³-hybridized carbons (Fsp3) is 0.857. The molecule has 3 unspecified atom stereocenters. The van der Waals surface area contributed by atoms with Gasteiger partial charge < -0.3 is 19.4 Å². The number of hydrogen-bond acceptors (Lipinski definition) is 6. The Bertz CT molecular complexity index is 1510. The van der Waals surface area contributed by atoms with E-state index in [1.54, 1.807) is 0 Å². The highest BCUT2D eigenvalue weighted by Gasteiger charge is 2.30. The molecule has 9 nitrogen and oxygen atoms in total. The molecule has 0 radical (unpaired) electrons. The maximum absolute atomic E-state index is 13.6. The molecule has 0 spiro atoms. The number of nitrogens with one attached hydrogen (secondary N) is 1. The molecule has 10 heteroatoms. The third kappa shape index (κ3) is 60.6. The molecule has 0 aromatic carbocycles. The molecule has 0 rings (SSSR count). The molecule has 0 aliphatic heterocycles. The summed E-state index contributed by atoms with van der Waals surface area (Å²) >= 11 is 0. The van der Waals surface area contributed by atoms with Crippen LogP contribution in [-0.2, 0) is 27.9 Å². The molecule has 0 saturated heterocycles.